The Bertz CT molecular complexity index is 566. The molecule has 1 aromatic rings. The summed E-state index contributed by atoms with van der Waals surface area (Å²) in [7, 11) is 0. The number of rotatable bonds is 4. The molecule has 1 saturated heterocycles. The molecule has 2 heterocycles. The lowest BCUT2D eigenvalue weighted by Crippen LogP contribution is -2.35. The molecular formula is C16H22F3N3O. The Morgan fingerprint density at radius 3 is 2.52 bits per heavy atom. The van der Waals surface area contributed by atoms with Crippen molar-refractivity contribution in [1.82, 2.24) is 4.98 Å². The molecule has 1 aliphatic rings. The number of carbonyl (C=O) groups excluding carboxylic acids is 1. The number of primary amides is 1. The summed E-state index contributed by atoms with van der Waals surface area (Å²) in [5, 5.41) is 0. The summed E-state index contributed by atoms with van der Waals surface area (Å²) < 4.78 is 38.9. The Morgan fingerprint density at radius 1 is 1.39 bits per heavy atom. The molecule has 4 nitrogen and oxygen atoms in total. The molecule has 1 unspecified atom stereocenters. The number of nitrogens with two attached hydrogens (primary N) is 1. The molecule has 0 aliphatic carbocycles. The first-order valence-electron chi connectivity index (χ1n) is 7.80. The number of nitrogens with zero attached hydrogens (tertiary/aromatic N) is 2. The molecule has 2 N–H and O–H groups in total. The summed E-state index contributed by atoms with van der Waals surface area (Å²) in [6, 6.07) is 2.39. The molecule has 1 fully saturated rings. The molecule has 0 bridgehead atoms. The summed E-state index contributed by atoms with van der Waals surface area (Å²) in [5.41, 5.74) is 5.01. The summed E-state index contributed by atoms with van der Waals surface area (Å²) >= 11 is 0. The highest BCUT2D eigenvalue weighted by atomic mass is 19.4. The maximum Gasteiger partial charge on any atom is 0.433 e. The monoisotopic (exact) mass is 329 g/mol. The smallest absolute Gasteiger partial charge is 0.369 e. The molecule has 2 rings (SSSR count). The summed E-state index contributed by atoms with van der Waals surface area (Å²) in [4.78, 5) is 17.0. The van der Waals surface area contributed by atoms with E-state index in [9.17, 15) is 18.0 Å². The zero-order chi connectivity index (χ0) is 17.2. The Balaban J connectivity index is 2.35. The van der Waals surface area contributed by atoms with E-state index in [4.69, 9.17) is 5.73 Å². The van der Waals surface area contributed by atoms with Gasteiger partial charge in [-0.3, -0.25) is 4.79 Å². The van der Waals surface area contributed by atoms with Gasteiger partial charge in [0.25, 0.3) is 0 Å². The predicted octanol–water partition coefficient (Wildman–Crippen LogP) is 3.00. The normalized spacial score (nSPS) is 18.0. The van der Waals surface area contributed by atoms with Gasteiger partial charge in [-0.15, -0.1) is 0 Å². The van der Waals surface area contributed by atoms with E-state index in [-0.39, 0.29) is 0 Å². The maximum absolute atomic E-state index is 13.0. The van der Waals surface area contributed by atoms with E-state index in [1.54, 1.807) is 6.92 Å². The highest BCUT2D eigenvalue weighted by Crippen LogP contribution is 2.32. The molecule has 128 valence electrons. The van der Waals surface area contributed by atoms with Crippen molar-refractivity contribution in [1.29, 1.82) is 0 Å². The second-order valence-corrected chi connectivity index (χ2v) is 6.35. The van der Waals surface area contributed by atoms with Crippen molar-refractivity contribution in [2.75, 3.05) is 18.0 Å². The predicted molar refractivity (Wildman–Crippen MR) is 81.9 cm³/mol. The van der Waals surface area contributed by atoms with E-state index in [2.05, 4.69) is 11.9 Å². The van der Waals surface area contributed by atoms with Crippen molar-refractivity contribution < 1.29 is 18.0 Å². The first kappa shape index (κ1) is 17.6. The number of aromatic nitrogens is 1. The largest absolute Gasteiger partial charge is 0.433 e. The fourth-order valence-corrected chi connectivity index (χ4v) is 2.72. The SMILES string of the molecule is CC1CCN(c2nc(C(F)(F)F)ccc2CC(C)C(N)=O)CC1. The van der Waals surface area contributed by atoms with Crippen LogP contribution in [0.3, 0.4) is 0 Å². The molecule has 0 radical (unpaired) electrons. The van der Waals surface area contributed by atoms with E-state index >= 15 is 0 Å². The first-order chi connectivity index (χ1) is 10.7. The molecule has 0 aromatic carbocycles. The van der Waals surface area contributed by atoms with Crippen LogP contribution in [0.25, 0.3) is 0 Å². The van der Waals surface area contributed by atoms with E-state index < -0.39 is 23.7 Å². The van der Waals surface area contributed by atoms with Crippen LogP contribution in [0.15, 0.2) is 12.1 Å². The van der Waals surface area contributed by atoms with Gasteiger partial charge in [-0.25, -0.2) is 4.98 Å². The Kier molecular flexibility index (Phi) is 5.16. The van der Waals surface area contributed by atoms with Crippen LogP contribution in [-0.2, 0) is 17.4 Å². The summed E-state index contributed by atoms with van der Waals surface area (Å²) in [5.74, 6) is -0.0241. The number of hydrogen-bond donors (Lipinski definition) is 1. The van der Waals surface area contributed by atoms with Crippen LogP contribution in [0.2, 0.25) is 0 Å². The lowest BCUT2D eigenvalue weighted by atomic mass is 9.97. The van der Waals surface area contributed by atoms with Crippen molar-refractivity contribution in [2.45, 2.75) is 39.3 Å². The molecular weight excluding hydrogens is 307 g/mol. The standard InChI is InChI=1S/C16H22F3N3O/c1-10-5-7-22(8-6-10)15-12(9-11(2)14(20)23)3-4-13(21-15)16(17,18)19/h3-4,10-11H,5-9H2,1-2H3,(H2,20,23). The number of carbonyl (C=O) groups is 1. The topological polar surface area (TPSA) is 59.2 Å². The number of pyridine rings is 1. The number of hydrogen-bond acceptors (Lipinski definition) is 3. The second kappa shape index (κ2) is 6.76. The third-order valence-electron chi connectivity index (χ3n) is 4.34. The number of amides is 1. The number of piperidine rings is 1. The molecule has 1 atom stereocenters. The number of anilines is 1. The molecule has 1 aromatic heterocycles. The highest BCUT2D eigenvalue weighted by molar-refractivity contribution is 5.76. The van der Waals surface area contributed by atoms with Gasteiger partial charge >= 0.3 is 6.18 Å². The fourth-order valence-electron chi connectivity index (χ4n) is 2.72. The van der Waals surface area contributed by atoms with E-state index in [1.807, 2.05) is 4.90 Å². The molecule has 0 spiro atoms. The minimum Gasteiger partial charge on any atom is -0.369 e. The van der Waals surface area contributed by atoms with Gasteiger partial charge in [0.05, 0.1) is 0 Å². The van der Waals surface area contributed by atoms with E-state index in [0.29, 0.717) is 36.8 Å². The van der Waals surface area contributed by atoms with Crippen LogP contribution in [0.4, 0.5) is 19.0 Å². The average Bonchev–Trinajstić information content (AvgIpc) is 2.47. The molecule has 1 aliphatic heterocycles. The first-order valence-corrected chi connectivity index (χ1v) is 7.80. The third kappa shape index (κ3) is 4.36. The van der Waals surface area contributed by atoms with Crippen molar-refractivity contribution in [3.05, 3.63) is 23.4 Å². The lowest BCUT2D eigenvalue weighted by molar-refractivity contribution is -0.141. The maximum atomic E-state index is 13.0. The van der Waals surface area contributed by atoms with Crippen LogP contribution < -0.4 is 10.6 Å². The summed E-state index contributed by atoms with van der Waals surface area (Å²) in [6.07, 6.45) is -2.35. The minimum atomic E-state index is -4.48. The average molecular weight is 329 g/mol. The van der Waals surface area contributed by atoms with Crippen molar-refractivity contribution >= 4 is 11.7 Å². The fraction of sp³-hybridized carbons (Fsp3) is 0.625. The number of alkyl halides is 3. The van der Waals surface area contributed by atoms with Crippen LogP contribution in [0, 0.1) is 11.8 Å². The van der Waals surface area contributed by atoms with Gasteiger partial charge in [-0.05, 0) is 36.8 Å². The Hall–Kier alpha value is -1.79. The van der Waals surface area contributed by atoms with E-state index in [1.165, 1.54) is 6.07 Å². The van der Waals surface area contributed by atoms with Crippen LogP contribution in [0.5, 0.6) is 0 Å². The van der Waals surface area contributed by atoms with Crippen LogP contribution in [-0.4, -0.2) is 24.0 Å². The van der Waals surface area contributed by atoms with Gasteiger partial charge < -0.3 is 10.6 Å². The van der Waals surface area contributed by atoms with Crippen LogP contribution in [0.1, 0.15) is 37.9 Å². The van der Waals surface area contributed by atoms with Gasteiger partial charge in [-0.1, -0.05) is 19.9 Å². The van der Waals surface area contributed by atoms with Gasteiger partial charge in [0.1, 0.15) is 11.5 Å². The van der Waals surface area contributed by atoms with E-state index in [0.717, 1.165) is 18.9 Å². The molecule has 7 heteroatoms. The molecule has 23 heavy (non-hydrogen) atoms. The zero-order valence-electron chi connectivity index (χ0n) is 13.4. The van der Waals surface area contributed by atoms with Gasteiger partial charge in [-0.2, -0.15) is 13.2 Å². The molecule has 0 saturated carbocycles. The molecule has 1 amide bonds. The minimum absolute atomic E-state index is 0.294. The summed E-state index contributed by atoms with van der Waals surface area (Å²) in [6.45, 7) is 5.15. The number of halogens is 3. The Labute approximate surface area is 133 Å². The highest BCUT2D eigenvalue weighted by Gasteiger charge is 2.34. The lowest BCUT2D eigenvalue weighted by Gasteiger charge is -2.33. The van der Waals surface area contributed by atoms with Crippen molar-refractivity contribution in [2.24, 2.45) is 17.6 Å². The van der Waals surface area contributed by atoms with Gasteiger partial charge in [0.15, 0.2) is 0 Å². The quantitative estimate of drug-likeness (QED) is 0.924. The van der Waals surface area contributed by atoms with Gasteiger partial charge in [0, 0.05) is 19.0 Å². The van der Waals surface area contributed by atoms with Crippen molar-refractivity contribution in [3.8, 4) is 0 Å². The second-order valence-electron chi connectivity index (χ2n) is 6.35. The van der Waals surface area contributed by atoms with Gasteiger partial charge in [0.2, 0.25) is 5.91 Å². The third-order valence-corrected chi connectivity index (χ3v) is 4.34. The van der Waals surface area contributed by atoms with Crippen LogP contribution >= 0.6 is 0 Å². The van der Waals surface area contributed by atoms with Crippen molar-refractivity contribution in [3.63, 3.8) is 0 Å². The Morgan fingerprint density at radius 2 is 2.00 bits per heavy atom. The zero-order valence-corrected chi connectivity index (χ0v) is 13.4.